The van der Waals surface area contributed by atoms with Gasteiger partial charge in [-0.05, 0) is 33.5 Å². The molecule has 3 aromatic carbocycles. The minimum Gasteiger partial charge on any atom is -0.225 e. The van der Waals surface area contributed by atoms with Crippen molar-refractivity contribution in [2.24, 2.45) is 5.14 Å². The Balaban J connectivity index is 2.01. The maximum absolute atomic E-state index is 11.9. The highest BCUT2D eigenvalue weighted by Crippen LogP contribution is 2.39. The normalized spacial score (nSPS) is 16.7. The van der Waals surface area contributed by atoms with Crippen molar-refractivity contribution in [3.63, 3.8) is 0 Å². The summed E-state index contributed by atoms with van der Waals surface area (Å²) in [6, 6.07) is 19.3. The summed E-state index contributed by atoms with van der Waals surface area (Å²) in [6.45, 7) is 0. The lowest BCUT2D eigenvalue weighted by atomic mass is 9.82. The van der Waals surface area contributed by atoms with Gasteiger partial charge < -0.3 is 0 Å². The average molecular weight is 321 g/mol. The molecule has 4 heteroatoms. The first kappa shape index (κ1) is 14.2. The van der Waals surface area contributed by atoms with Crippen LogP contribution in [0.4, 0.5) is 0 Å². The van der Waals surface area contributed by atoms with E-state index in [1.165, 1.54) is 5.39 Å². The fourth-order valence-electron chi connectivity index (χ4n) is 3.37. The summed E-state index contributed by atoms with van der Waals surface area (Å²) in [6.07, 6.45) is 4.10. The second-order valence-corrected chi connectivity index (χ2v) is 7.24. The summed E-state index contributed by atoms with van der Waals surface area (Å²) in [5.74, 6) is -0.122. The summed E-state index contributed by atoms with van der Waals surface area (Å²) < 4.78 is 23.9. The van der Waals surface area contributed by atoms with Crippen molar-refractivity contribution in [1.29, 1.82) is 0 Å². The van der Waals surface area contributed by atoms with E-state index in [0.29, 0.717) is 5.56 Å². The zero-order chi connectivity index (χ0) is 16.0. The van der Waals surface area contributed by atoms with Crippen molar-refractivity contribution in [2.75, 3.05) is 0 Å². The molecule has 0 spiro atoms. The van der Waals surface area contributed by atoms with Crippen molar-refractivity contribution in [2.45, 2.75) is 10.8 Å². The third-order valence-corrected chi connectivity index (χ3v) is 5.32. The predicted octanol–water partition coefficient (Wildman–Crippen LogP) is 3.65. The number of hydrogen-bond donors (Lipinski definition) is 1. The number of primary sulfonamides is 1. The van der Waals surface area contributed by atoms with Gasteiger partial charge >= 0.3 is 0 Å². The molecule has 1 aliphatic carbocycles. The van der Waals surface area contributed by atoms with E-state index in [-0.39, 0.29) is 10.8 Å². The van der Waals surface area contributed by atoms with Gasteiger partial charge in [-0.2, -0.15) is 0 Å². The van der Waals surface area contributed by atoms with E-state index in [2.05, 4.69) is 30.3 Å². The number of rotatable bonds is 2. The summed E-state index contributed by atoms with van der Waals surface area (Å²) in [4.78, 5) is 0.186. The summed E-state index contributed by atoms with van der Waals surface area (Å²) in [7, 11) is -3.76. The van der Waals surface area contributed by atoms with Gasteiger partial charge in [-0.25, -0.2) is 13.6 Å². The molecule has 1 aliphatic rings. The molecule has 0 bridgehead atoms. The number of nitrogens with two attached hydrogens (primary N) is 1. The summed E-state index contributed by atoms with van der Waals surface area (Å²) in [5.41, 5.74) is 2.98. The number of allylic oxidation sites excluding steroid dienone is 1. The molecule has 0 saturated carbocycles. The van der Waals surface area contributed by atoms with Crippen LogP contribution in [0.1, 0.15) is 22.6 Å². The zero-order valence-corrected chi connectivity index (χ0v) is 13.1. The summed E-state index contributed by atoms with van der Waals surface area (Å²) in [5, 5.41) is 7.73. The van der Waals surface area contributed by atoms with Gasteiger partial charge in [0, 0.05) is 5.92 Å². The van der Waals surface area contributed by atoms with Gasteiger partial charge in [-0.3, -0.25) is 0 Å². The lowest BCUT2D eigenvalue weighted by Crippen LogP contribution is -2.16. The van der Waals surface area contributed by atoms with Crippen LogP contribution < -0.4 is 5.14 Å². The fourth-order valence-corrected chi connectivity index (χ4v) is 4.16. The Hall–Kier alpha value is -2.43. The topological polar surface area (TPSA) is 60.2 Å². The summed E-state index contributed by atoms with van der Waals surface area (Å²) >= 11 is 0. The Labute approximate surface area is 135 Å². The molecule has 0 aliphatic heterocycles. The molecular weight excluding hydrogens is 306 g/mol. The minimum absolute atomic E-state index is 0.122. The van der Waals surface area contributed by atoms with Crippen molar-refractivity contribution in [1.82, 2.24) is 0 Å². The van der Waals surface area contributed by atoms with Crippen molar-refractivity contribution < 1.29 is 8.42 Å². The van der Waals surface area contributed by atoms with E-state index in [0.717, 1.165) is 16.5 Å². The van der Waals surface area contributed by atoms with Crippen molar-refractivity contribution >= 4 is 26.9 Å². The van der Waals surface area contributed by atoms with Gasteiger partial charge in [-0.1, -0.05) is 66.7 Å². The van der Waals surface area contributed by atoms with E-state index >= 15 is 0 Å². The van der Waals surface area contributed by atoms with Gasteiger partial charge in [0.2, 0.25) is 10.0 Å². The van der Waals surface area contributed by atoms with Crippen molar-refractivity contribution in [3.8, 4) is 0 Å². The first-order chi connectivity index (χ1) is 11.1. The second-order valence-electron chi connectivity index (χ2n) is 5.71. The molecule has 1 unspecified atom stereocenters. The Morgan fingerprint density at radius 2 is 1.52 bits per heavy atom. The second kappa shape index (κ2) is 5.05. The molecule has 23 heavy (non-hydrogen) atoms. The molecule has 114 valence electrons. The number of sulfonamides is 1. The van der Waals surface area contributed by atoms with Gasteiger partial charge in [0.1, 0.15) is 0 Å². The van der Waals surface area contributed by atoms with E-state index in [1.54, 1.807) is 12.1 Å². The van der Waals surface area contributed by atoms with E-state index in [9.17, 15) is 8.42 Å². The molecule has 0 radical (unpaired) electrons. The molecule has 2 N–H and O–H groups in total. The lowest BCUT2D eigenvalue weighted by molar-refractivity contribution is 0.596. The Bertz CT molecular complexity index is 1050. The molecule has 0 fully saturated rings. The SMILES string of the molecule is NS(=O)(=O)c1ccccc1C1C=Cc2cccc3cccc1c23. The first-order valence-corrected chi connectivity index (χ1v) is 8.92. The van der Waals surface area contributed by atoms with Crippen LogP contribution in [0.15, 0.2) is 71.6 Å². The Kier molecular flexibility index (Phi) is 3.11. The fraction of sp³-hybridized carbons (Fsp3) is 0.0526. The molecule has 1 atom stereocenters. The molecule has 3 nitrogen and oxygen atoms in total. The van der Waals surface area contributed by atoms with Gasteiger partial charge in [0.15, 0.2) is 0 Å². The van der Waals surface area contributed by atoms with Crippen LogP contribution in [-0.4, -0.2) is 8.42 Å². The predicted molar refractivity (Wildman–Crippen MR) is 92.6 cm³/mol. The number of hydrogen-bond acceptors (Lipinski definition) is 2. The van der Waals surface area contributed by atoms with Crippen LogP contribution in [0.25, 0.3) is 16.8 Å². The first-order valence-electron chi connectivity index (χ1n) is 7.37. The smallest absolute Gasteiger partial charge is 0.225 e. The highest BCUT2D eigenvalue weighted by molar-refractivity contribution is 7.89. The molecule has 0 amide bonds. The monoisotopic (exact) mass is 321 g/mol. The van der Waals surface area contributed by atoms with Crippen LogP contribution in [0.2, 0.25) is 0 Å². The van der Waals surface area contributed by atoms with Gasteiger partial charge in [0.25, 0.3) is 0 Å². The van der Waals surface area contributed by atoms with Crippen LogP contribution in [0.5, 0.6) is 0 Å². The molecule has 3 aromatic rings. The van der Waals surface area contributed by atoms with Crippen LogP contribution in [-0.2, 0) is 10.0 Å². The molecule has 4 rings (SSSR count). The van der Waals surface area contributed by atoms with Crippen molar-refractivity contribution in [3.05, 3.63) is 83.4 Å². The van der Waals surface area contributed by atoms with E-state index in [1.807, 2.05) is 30.3 Å². The maximum Gasteiger partial charge on any atom is 0.238 e. The van der Waals surface area contributed by atoms with Crippen LogP contribution in [0, 0.1) is 0 Å². The Morgan fingerprint density at radius 1 is 0.826 bits per heavy atom. The van der Waals surface area contributed by atoms with Gasteiger partial charge in [-0.15, -0.1) is 0 Å². The number of benzene rings is 3. The minimum atomic E-state index is -3.76. The highest BCUT2D eigenvalue weighted by Gasteiger charge is 2.24. The van der Waals surface area contributed by atoms with E-state index in [4.69, 9.17) is 5.14 Å². The van der Waals surface area contributed by atoms with E-state index < -0.39 is 10.0 Å². The zero-order valence-electron chi connectivity index (χ0n) is 12.3. The van der Waals surface area contributed by atoms with Gasteiger partial charge in [0.05, 0.1) is 4.90 Å². The largest absolute Gasteiger partial charge is 0.238 e. The lowest BCUT2D eigenvalue weighted by Gasteiger charge is -2.23. The Morgan fingerprint density at radius 3 is 2.30 bits per heavy atom. The maximum atomic E-state index is 11.9. The quantitative estimate of drug-likeness (QED) is 0.783. The third kappa shape index (κ3) is 2.27. The third-order valence-electron chi connectivity index (χ3n) is 4.33. The molecule has 0 saturated heterocycles. The van der Waals surface area contributed by atoms with Crippen LogP contribution in [0.3, 0.4) is 0 Å². The molecule has 0 aromatic heterocycles. The standard InChI is InChI=1S/C19H15NO2S/c20-23(21,22)18-10-2-1-8-16(18)15-12-11-14-6-3-5-13-7-4-9-17(15)19(13)14/h1-12,15H,(H2,20,21,22). The molecular formula is C19H15NO2S. The van der Waals surface area contributed by atoms with Crippen LogP contribution >= 0.6 is 0 Å². The average Bonchev–Trinajstić information content (AvgIpc) is 2.55. The molecule has 0 heterocycles. The highest BCUT2D eigenvalue weighted by atomic mass is 32.2.